The minimum atomic E-state index is -4.19. The van der Waals surface area contributed by atoms with Crippen LogP contribution in [0.25, 0.3) is 0 Å². The average Bonchev–Trinajstić information content (AvgIpc) is 2.91. The molecule has 3 rings (SSSR count). The standard InChI is InChI=1S/C27H28Cl3N3O4S/c1-3-15-31-27(35)19(2)32(17-20-13-14-22(28)24(30)16-20)26(34)18-33(25-12-8-7-11-23(25)29)38(36,37)21-9-5-4-6-10-21/h4-14,16,19H,3,15,17-18H2,1-2H3,(H,31,35)/t19-/m0/s1. The number of carbonyl (C=O) groups excluding carboxylic acids is 2. The molecule has 38 heavy (non-hydrogen) atoms. The molecule has 0 saturated carbocycles. The highest BCUT2D eigenvalue weighted by molar-refractivity contribution is 7.92. The molecular formula is C27H28Cl3N3O4S. The molecule has 202 valence electrons. The van der Waals surface area contributed by atoms with Crippen molar-refractivity contribution in [3.8, 4) is 0 Å². The van der Waals surface area contributed by atoms with Crippen molar-refractivity contribution in [2.75, 3.05) is 17.4 Å². The Balaban J connectivity index is 2.03. The van der Waals surface area contributed by atoms with E-state index in [0.29, 0.717) is 22.2 Å². The summed E-state index contributed by atoms with van der Waals surface area (Å²) >= 11 is 18.6. The summed E-state index contributed by atoms with van der Waals surface area (Å²) in [6.07, 6.45) is 0.717. The van der Waals surface area contributed by atoms with Crippen LogP contribution >= 0.6 is 34.8 Å². The zero-order valence-corrected chi connectivity index (χ0v) is 24.0. The van der Waals surface area contributed by atoms with Crippen LogP contribution in [0.3, 0.4) is 0 Å². The second-order valence-electron chi connectivity index (χ2n) is 8.51. The molecule has 0 saturated heterocycles. The SMILES string of the molecule is CCCNC(=O)[C@H](C)N(Cc1ccc(Cl)c(Cl)c1)C(=O)CN(c1ccccc1Cl)S(=O)(=O)c1ccccc1. The van der Waals surface area contributed by atoms with E-state index in [9.17, 15) is 18.0 Å². The minimum absolute atomic E-state index is 0.00181. The van der Waals surface area contributed by atoms with Gasteiger partial charge in [-0.2, -0.15) is 0 Å². The van der Waals surface area contributed by atoms with Gasteiger partial charge in [0, 0.05) is 13.1 Å². The molecule has 0 spiro atoms. The van der Waals surface area contributed by atoms with Gasteiger partial charge in [0.25, 0.3) is 10.0 Å². The summed E-state index contributed by atoms with van der Waals surface area (Å²) in [7, 11) is -4.19. The summed E-state index contributed by atoms with van der Waals surface area (Å²) in [6, 6.07) is 18.1. The topological polar surface area (TPSA) is 86.8 Å². The quantitative estimate of drug-likeness (QED) is 0.304. The van der Waals surface area contributed by atoms with Crippen LogP contribution in [0.2, 0.25) is 15.1 Å². The number of sulfonamides is 1. The molecule has 0 radical (unpaired) electrons. The highest BCUT2D eigenvalue weighted by Crippen LogP contribution is 2.31. The molecular weight excluding hydrogens is 569 g/mol. The smallest absolute Gasteiger partial charge is 0.264 e. The lowest BCUT2D eigenvalue weighted by Crippen LogP contribution is -2.51. The zero-order valence-electron chi connectivity index (χ0n) is 20.9. The molecule has 1 N–H and O–H groups in total. The van der Waals surface area contributed by atoms with Gasteiger partial charge in [-0.1, -0.05) is 78.1 Å². The Morgan fingerprint density at radius 2 is 1.55 bits per heavy atom. The van der Waals surface area contributed by atoms with Crippen LogP contribution in [0.4, 0.5) is 5.69 Å². The normalized spacial score (nSPS) is 12.0. The fourth-order valence-electron chi connectivity index (χ4n) is 3.70. The first kappa shape index (κ1) is 29.8. The Kier molecular flexibility index (Phi) is 10.4. The van der Waals surface area contributed by atoms with Crippen molar-refractivity contribution >= 4 is 62.3 Å². The van der Waals surface area contributed by atoms with Gasteiger partial charge in [-0.15, -0.1) is 0 Å². The molecule has 1 atom stereocenters. The van der Waals surface area contributed by atoms with Gasteiger partial charge in [0.1, 0.15) is 12.6 Å². The highest BCUT2D eigenvalue weighted by Gasteiger charge is 2.33. The van der Waals surface area contributed by atoms with E-state index in [1.807, 2.05) is 6.92 Å². The molecule has 7 nitrogen and oxygen atoms in total. The minimum Gasteiger partial charge on any atom is -0.354 e. The van der Waals surface area contributed by atoms with Gasteiger partial charge < -0.3 is 10.2 Å². The van der Waals surface area contributed by atoms with E-state index in [1.165, 1.54) is 23.1 Å². The predicted octanol–water partition coefficient (Wildman–Crippen LogP) is 5.79. The molecule has 0 aliphatic rings. The van der Waals surface area contributed by atoms with Crippen LogP contribution < -0.4 is 9.62 Å². The molecule has 0 unspecified atom stereocenters. The number of nitrogens with one attached hydrogen (secondary N) is 1. The third kappa shape index (κ3) is 7.20. The summed E-state index contributed by atoms with van der Waals surface area (Å²) in [4.78, 5) is 28.0. The van der Waals surface area contributed by atoms with Crippen molar-refractivity contribution in [3.05, 3.63) is 93.4 Å². The van der Waals surface area contributed by atoms with Gasteiger partial charge in [0.15, 0.2) is 0 Å². The number of rotatable bonds is 11. The van der Waals surface area contributed by atoms with Gasteiger partial charge in [-0.3, -0.25) is 13.9 Å². The van der Waals surface area contributed by atoms with Gasteiger partial charge >= 0.3 is 0 Å². The van der Waals surface area contributed by atoms with Gasteiger partial charge in [0.2, 0.25) is 11.8 Å². The van der Waals surface area contributed by atoms with E-state index >= 15 is 0 Å². The monoisotopic (exact) mass is 595 g/mol. The second-order valence-corrected chi connectivity index (χ2v) is 11.6. The van der Waals surface area contributed by atoms with Crippen LogP contribution in [-0.4, -0.2) is 44.3 Å². The van der Waals surface area contributed by atoms with Gasteiger partial charge in [-0.05, 0) is 55.3 Å². The number of nitrogens with zero attached hydrogens (tertiary/aromatic N) is 2. The Morgan fingerprint density at radius 1 is 0.895 bits per heavy atom. The lowest BCUT2D eigenvalue weighted by atomic mass is 10.1. The summed E-state index contributed by atoms with van der Waals surface area (Å²) in [5, 5.41) is 3.59. The summed E-state index contributed by atoms with van der Waals surface area (Å²) < 4.78 is 28.4. The predicted molar refractivity (Wildman–Crippen MR) is 152 cm³/mol. The first-order valence-corrected chi connectivity index (χ1v) is 14.5. The van der Waals surface area contributed by atoms with Crippen LogP contribution in [0, 0.1) is 0 Å². The molecule has 3 aromatic carbocycles. The van der Waals surface area contributed by atoms with Crippen molar-refractivity contribution in [3.63, 3.8) is 0 Å². The van der Waals surface area contributed by atoms with Crippen molar-refractivity contribution < 1.29 is 18.0 Å². The number of carbonyl (C=O) groups is 2. The van der Waals surface area contributed by atoms with E-state index < -0.39 is 28.5 Å². The third-order valence-electron chi connectivity index (χ3n) is 5.78. The number of para-hydroxylation sites is 1. The molecule has 0 heterocycles. The summed E-state index contributed by atoms with van der Waals surface area (Å²) in [6.45, 7) is 3.35. The molecule has 0 aliphatic carbocycles. The van der Waals surface area contributed by atoms with Crippen molar-refractivity contribution in [1.82, 2.24) is 10.2 Å². The van der Waals surface area contributed by atoms with E-state index in [4.69, 9.17) is 34.8 Å². The Bertz CT molecular complexity index is 1390. The van der Waals surface area contributed by atoms with Crippen LogP contribution in [0.1, 0.15) is 25.8 Å². The Morgan fingerprint density at radius 3 is 2.18 bits per heavy atom. The van der Waals surface area contributed by atoms with Crippen molar-refractivity contribution in [1.29, 1.82) is 0 Å². The largest absolute Gasteiger partial charge is 0.354 e. The van der Waals surface area contributed by atoms with Crippen LogP contribution in [0.15, 0.2) is 77.7 Å². The third-order valence-corrected chi connectivity index (χ3v) is 8.62. The van der Waals surface area contributed by atoms with Gasteiger partial charge in [0.05, 0.1) is 25.7 Å². The molecule has 0 aromatic heterocycles. The molecule has 0 bridgehead atoms. The summed E-state index contributed by atoms with van der Waals surface area (Å²) in [5.41, 5.74) is 0.766. The van der Waals surface area contributed by atoms with Crippen molar-refractivity contribution in [2.45, 2.75) is 37.8 Å². The number of hydrogen-bond acceptors (Lipinski definition) is 4. The average molecular weight is 597 g/mol. The maximum Gasteiger partial charge on any atom is 0.264 e. The fraction of sp³-hybridized carbons (Fsp3) is 0.259. The van der Waals surface area contributed by atoms with E-state index in [0.717, 1.165) is 10.7 Å². The summed E-state index contributed by atoms with van der Waals surface area (Å²) in [5.74, 6) is -0.967. The first-order chi connectivity index (χ1) is 18.1. The molecule has 0 fully saturated rings. The number of hydrogen-bond donors (Lipinski definition) is 1. The van der Waals surface area contributed by atoms with Gasteiger partial charge in [-0.25, -0.2) is 8.42 Å². The number of anilines is 1. The van der Waals surface area contributed by atoms with Crippen LogP contribution in [-0.2, 0) is 26.2 Å². The maximum atomic E-state index is 13.8. The lowest BCUT2D eigenvalue weighted by Gasteiger charge is -2.32. The van der Waals surface area contributed by atoms with Crippen molar-refractivity contribution in [2.24, 2.45) is 0 Å². The molecule has 3 aromatic rings. The second kappa shape index (κ2) is 13.3. The number of benzene rings is 3. The lowest BCUT2D eigenvalue weighted by molar-refractivity contribution is -0.139. The maximum absolute atomic E-state index is 13.8. The van der Waals surface area contributed by atoms with E-state index in [1.54, 1.807) is 61.5 Å². The fourth-order valence-corrected chi connectivity index (χ4v) is 5.76. The van der Waals surface area contributed by atoms with Crippen LogP contribution in [0.5, 0.6) is 0 Å². The Labute approximate surface area is 238 Å². The molecule has 11 heteroatoms. The molecule has 0 aliphatic heterocycles. The number of halogens is 3. The molecule has 2 amide bonds. The number of amides is 2. The highest BCUT2D eigenvalue weighted by atomic mass is 35.5. The zero-order chi connectivity index (χ0) is 27.9. The Hall–Kier alpha value is -2.78. The van der Waals surface area contributed by atoms with E-state index in [2.05, 4.69) is 5.32 Å². The van der Waals surface area contributed by atoms with E-state index in [-0.39, 0.29) is 28.1 Å². The first-order valence-electron chi connectivity index (χ1n) is 11.9.